The summed E-state index contributed by atoms with van der Waals surface area (Å²) in [6.07, 6.45) is -1.20. The number of carboxylic acid groups (broad SMARTS) is 1. The highest BCUT2D eigenvalue weighted by molar-refractivity contribution is 6.30. The maximum atomic E-state index is 13.3. The molecule has 1 saturated carbocycles. The molecule has 2 aromatic rings. The fourth-order valence-electron chi connectivity index (χ4n) is 2.57. The first-order valence-corrected chi connectivity index (χ1v) is 8.90. The summed E-state index contributed by atoms with van der Waals surface area (Å²) in [6, 6.07) is 4.53. The van der Waals surface area contributed by atoms with Crippen LogP contribution < -0.4 is 10.5 Å². The van der Waals surface area contributed by atoms with E-state index in [1.807, 2.05) is 0 Å². The lowest BCUT2D eigenvalue weighted by Gasteiger charge is -2.23. The summed E-state index contributed by atoms with van der Waals surface area (Å²) in [5.74, 6) is -1.64. The van der Waals surface area contributed by atoms with Crippen molar-refractivity contribution < 1.29 is 36.6 Å². The Morgan fingerprint density at radius 1 is 1.28 bits per heavy atom. The largest absolute Gasteiger partial charge is 0.490 e. The van der Waals surface area contributed by atoms with Crippen LogP contribution in [0.25, 0.3) is 0 Å². The molecule has 29 heavy (non-hydrogen) atoms. The Bertz CT molecular complexity index is 823. The van der Waals surface area contributed by atoms with Crippen molar-refractivity contribution >= 4 is 17.6 Å². The van der Waals surface area contributed by atoms with Gasteiger partial charge in [-0.2, -0.15) is 13.2 Å². The van der Waals surface area contributed by atoms with Crippen LogP contribution in [-0.2, 0) is 11.4 Å². The van der Waals surface area contributed by atoms with Crippen molar-refractivity contribution in [2.45, 2.75) is 50.4 Å². The smallest absolute Gasteiger partial charge is 0.484 e. The van der Waals surface area contributed by atoms with E-state index in [-0.39, 0.29) is 23.6 Å². The summed E-state index contributed by atoms with van der Waals surface area (Å²) in [5.41, 5.74) is 5.89. The minimum Gasteiger partial charge on any atom is -0.484 e. The first-order chi connectivity index (χ1) is 13.6. The zero-order chi connectivity index (χ0) is 21.6. The second-order valence-electron chi connectivity index (χ2n) is 6.31. The Morgan fingerprint density at radius 3 is 2.45 bits per heavy atom. The van der Waals surface area contributed by atoms with Gasteiger partial charge in [0.25, 0.3) is 5.89 Å². The molecule has 1 fully saturated rings. The molecule has 0 spiro atoms. The first kappa shape index (κ1) is 22.9. The maximum absolute atomic E-state index is 13.3. The van der Waals surface area contributed by atoms with Crippen LogP contribution in [0.4, 0.5) is 17.6 Å². The van der Waals surface area contributed by atoms with Gasteiger partial charge >= 0.3 is 12.1 Å². The third-order valence-electron chi connectivity index (χ3n) is 4.10. The lowest BCUT2D eigenvalue weighted by molar-refractivity contribution is -0.192. The van der Waals surface area contributed by atoms with Crippen molar-refractivity contribution in [3.8, 4) is 5.75 Å². The standard InChI is InChI=1S/C15H17ClFN3O2.C2HF3O2/c16-12-6-5-11(7-13(12)17)21-8-14-19-20-15(22-14)9-1-3-10(18)4-2-9;3-2(4,5)1(6)7/h5-7,9-10H,1-4,8,18H2;(H,6,7). The van der Waals surface area contributed by atoms with E-state index in [0.717, 1.165) is 25.7 Å². The number of ether oxygens (including phenoxy) is 1. The number of alkyl halides is 3. The van der Waals surface area contributed by atoms with Crippen LogP contribution in [0.5, 0.6) is 5.75 Å². The number of aromatic nitrogens is 2. The number of carbonyl (C=O) groups is 1. The number of hydrogen-bond acceptors (Lipinski definition) is 6. The predicted octanol–water partition coefficient (Wildman–Crippen LogP) is 4.06. The molecule has 1 heterocycles. The van der Waals surface area contributed by atoms with Gasteiger partial charge in [0.2, 0.25) is 5.89 Å². The molecule has 1 aliphatic rings. The van der Waals surface area contributed by atoms with Gasteiger partial charge in [-0.05, 0) is 37.8 Å². The second kappa shape index (κ2) is 9.88. The fourth-order valence-corrected chi connectivity index (χ4v) is 2.69. The van der Waals surface area contributed by atoms with Crippen LogP contribution in [0.15, 0.2) is 22.6 Å². The average molecular weight is 440 g/mol. The number of rotatable bonds is 4. The molecule has 0 saturated heterocycles. The molecule has 1 aliphatic carbocycles. The molecule has 7 nitrogen and oxygen atoms in total. The van der Waals surface area contributed by atoms with Crippen molar-refractivity contribution in [3.63, 3.8) is 0 Å². The lowest BCUT2D eigenvalue weighted by atomic mass is 9.86. The third kappa shape index (κ3) is 7.17. The molecule has 0 radical (unpaired) electrons. The van der Waals surface area contributed by atoms with Gasteiger partial charge in [0.15, 0.2) is 6.61 Å². The molecule has 0 bridgehead atoms. The summed E-state index contributed by atoms with van der Waals surface area (Å²) in [6.45, 7) is 0.0975. The maximum Gasteiger partial charge on any atom is 0.490 e. The molecule has 160 valence electrons. The molecule has 0 unspecified atom stereocenters. The van der Waals surface area contributed by atoms with E-state index in [4.69, 9.17) is 36.4 Å². The Morgan fingerprint density at radius 2 is 1.90 bits per heavy atom. The molecular formula is C17H18ClF4N3O4. The van der Waals surface area contributed by atoms with Crippen LogP contribution in [0, 0.1) is 5.82 Å². The van der Waals surface area contributed by atoms with Crippen LogP contribution >= 0.6 is 11.6 Å². The van der Waals surface area contributed by atoms with Gasteiger partial charge in [-0.1, -0.05) is 11.6 Å². The Balaban J connectivity index is 0.000000370. The third-order valence-corrected chi connectivity index (χ3v) is 4.41. The highest BCUT2D eigenvalue weighted by Gasteiger charge is 2.38. The molecule has 12 heteroatoms. The minimum atomic E-state index is -5.08. The molecule has 0 amide bonds. The van der Waals surface area contributed by atoms with E-state index >= 15 is 0 Å². The summed E-state index contributed by atoms with van der Waals surface area (Å²) in [4.78, 5) is 8.90. The zero-order valence-electron chi connectivity index (χ0n) is 15.0. The zero-order valence-corrected chi connectivity index (χ0v) is 15.7. The van der Waals surface area contributed by atoms with Crippen molar-refractivity contribution in [1.29, 1.82) is 0 Å². The molecule has 1 aromatic heterocycles. The van der Waals surface area contributed by atoms with Crippen molar-refractivity contribution in [2.75, 3.05) is 0 Å². The van der Waals surface area contributed by atoms with Gasteiger partial charge in [-0.3, -0.25) is 0 Å². The van der Waals surface area contributed by atoms with Gasteiger partial charge in [0.1, 0.15) is 11.6 Å². The lowest BCUT2D eigenvalue weighted by Crippen LogP contribution is -2.25. The van der Waals surface area contributed by atoms with Crippen molar-refractivity contribution in [1.82, 2.24) is 10.2 Å². The quantitative estimate of drug-likeness (QED) is 0.691. The van der Waals surface area contributed by atoms with Gasteiger partial charge in [-0.25, -0.2) is 9.18 Å². The number of hydrogen-bond donors (Lipinski definition) is 2. The van der Waals surface area contributed by atoms with E-state index < -0.39 is 18.0 Å². The Labute approximate surface area is 167 Å². The van der Waals surface area contributed by atoms with Crippen LogP contribution in [0.1, 0.15) is 43.4 Å². The second-order valence-corrected chi connectivity index (χ2v) is 6.72. The van der Waals surface area contributed by atoms with Crippen LogP contribution in [0.3, 0.4) is 0 Å². The van der Waals surface area contributed by atoms with E-state index in [0.29, 0.717) is 17.5 Å². The fraction of sp³-hybridized carbons (Fsp3) is 0.471. The summed E-state index contributed by atoms with van der Waals surface area (Å²) in [7, 11) is 0. The number of aliphatic carboxylic acids is 1. The van der Waals surface area contributed by atoms with Crippen molar-refractivity contribution in [2.24, 2.45) is 5.73 Å². The summed E-state index contributed by atoms with van der Waals surface area (Å²) in [5, 5.41) is 15.2. The van der Waals surface area contributed by atoms with Crippen LogP contribution in [-0.4, -0.2) is 33.5 Å². The molecule has 0 atom stereocenters. The van der Waals surface area contributed by atoms with Crippen molar-refractivity contribution in [3.05, 3.63) is 40.8 Å². The molecule has 0 aliphatic heterocycles. The molecule has 3 rings (SSSR count). The number of nitrogens with two attached hydrogens (primary N) is 1. The molecular weight excluding hydrogens is 422 g/mol. The summed E-state index contributed by atoms with van der Waals surface area (Å²) >= 11 is 5.62. The van der Waals surface area contributed by atoms with E-state index in [2.05, 4.69) is 10.2 Å². The minimum absolute atomic E-state index is 0.0583. The van der Waals surface area contributed by atoms with Gasteiger partial charge in [-0.15, -0.1) is 10.2 Å². The number of benzene rings is 1. The highest BCUT2D eigenvalue weighted by Crippen LogP contribution is 2.31. The predicted molar refractivity (Wildman–Crippen MR) is 92.9 cm³/mol. The van der Waals surface area contributed by atoms with Gasteiger partial charge in [0, 0.05) is 18.0 Å². The van der Waals surface area contributed by atoms with E-state index in [1.165, 1.54) is 12.1 Å². The monoisotopic (exact) mass is 439 g/mol. The van der Waals surface area contributed by atoms with Gasteiger partial charge < -0.3 is 20.0 Å². The highest BCUT2D eigenvalue weighted by atomic mass is 35.5. The molecule has 1 aromatic carbocycles. The van der Waals surface area contributed by atoms with Crippen LogP contribution in [0.2, 0.25) is 5.02 Å². The molecule has 3 N–H and O–H groups in total. The first-order valence-electron chi connectivity index (χ1n) is 8.52. The number of carboxylic acids is 1. The SMILES string of the molecule is NC1CCC(c2nnc(COc3ccc(Cl)c(F)c3)o2)CC1.O=C(O)C(F)(F)F. The number of nitrogens with zero attached hydrogens (tertiary/aromatic N) is 2. The topological polar surface area (TPSA) is 111 Å². The Hall–Kier alpha value is -2.40. The Kier molecular flexibility index (Phi) is 7.80. The van der Waals surface area contributed by atoms with E-state index in [9.17, 15) is 17.6 Å². The average Bonchev–Trinajstić information content (AvgIpc) is 3.12. The van der Waals surface area contributed by atoms with E-state index in [1.54, 1.807) is 6.07 Å². The normalized spacial score (nSPS) is 19.2. The number of halogens is 5. The van der Waals surface area contributed by atoms with Gasteiger partial charge in [0.05, 0.1) is 5.02 Å². The summed E-state index contributed by atoms with van der Waals surface area (Å²) < 4.78 is 56.1.